The van der Waals surface area contributed by atoms with Crippen molar-refractivity contribution in [3.05, 3.63) is 0 Å². The predicted octanol–water partition coefficient (Wildman–Crippen LogP) is -0.291. The van der Waals surface area contributed by atoms with Crippen LogP contribution in [0.3, 0.4) is 0 Å². The first kappa shape index (κ1) is 12.4. The standard InChI is InChI=1S/C9H20N2O2/c1-4-5-8(9(10)13)11(2,3)6-7-12/h8,12H,4-7H2,1-3H3,(H-,10,13)/p+1. The van der Waals surface area contributed by atoms with Crippen molar-refractivity contribution in [2.24, 2.45) is 5.73 Å². The molecular formula is C9H21N2O2+. The first-order valence-corrected chi connectivity index (χ1v) is 4.68. The Morgan fingerprint density at radius 2 is 2.08 bits per heavy atom. The third-order valence-electron chi connectivity index (χ3n) is 2.41. The van der Waals surface area contributed by atoms with Gasteiger partial charge in [-0.05, 0) is 6.42 Å². The highest BCUT2D eigenvalue weighted by Crippen LogP contribution is 2.11. The van der Waals surface area contributed by atoms with Crippen LogP contribution in [0.5, 0.6) is 0 Å². The van der Waals surface area contributed by atoms with E-state index in [1.807, 2.05) is 21.0 Å². The van der Waals surface area contributed by atoms with Crippen LogP contribution in [0.1, 0.15) is 19.8 Å². The largest absolute Gasteiger partial charge is 0.391 e. The molecule has 4 nitrogen and oxygen atoms in total. The van der Waals surface area contributed by atoms with Crippen LogP contribution < -0.4 is 5.73 Å². The smallest absolute Gasteiger partial charge is 0.275 e. The van der Waals surface area contributed by atoms with Crippen LogP contribution in [0.4, 0.5) is 0 Å². The monoisotopic (exact) mass is 189 g/mol. The summed E-state index contributed by atoms with van der Waals surface area (Å²) >= 11 is 0. The number of amides is 1. The summed E-state index contributed by atoms with van der Waals surface area (Å²) in [4.78, 5) is 11.1. The Hall–Kier alpha value is -0.610. The molecule has 0 saturated heterocycles. The molecule has 0 saturated carbocycles. The Bertz CT molecular complexity index is 169. The van der Waals surface area contributed by atoms with Crippen molar-refractivity contribution >= 4 is 5.91 Å². The summed E-state index contributed by atoms with van der Waals surface area (Å²) in [5.74, 6) is -0.277. The highest BCUT2D eigenvalue weighted by atomic mass is 16.3. The lowest BCUT2D eigenvalue weighted by Crippen LogP contribution is -2.56. The highest BCUT2D eigenvalue weighted by Gasteiger charge is 2.31. The van der Waals surface area contributed by atoms with Gasteiger partial charge in [0, 0.05) is 6.42 Å². The fourth-order valence-electron chi connectivity index (χ4n) is 1.52. The lowest BCUT2D eigenvalue weighted by Gasteiger charge is -2.35. The van der Waals surface area contributed by atoms with Gasteiger partial charge in [0.25, 0.3) is 5.91 Å². The molecule has 0 spiro atoms. The van der Waals surface area contributed by atoms with Gasteiger partial charge in [0.1, 0.15) is 6.54 Å². The van der Waals surface area contributed by atoms with E-state index in [1.54, 1.807) is 0 Å². The molecule has 0 aromatic rings. The van der Waals surface area contributed by atoms with Crippen LogP contribution >= 0.6 is 0 Å². The normalized spacial score (nSPS) is 14.2. The summed E-state index contributed by atoms with van der Waals surface area (Å²) in [7, 11) is 3.84. The molecule has 1 unspecified atom stereocenters. The second-order valence-electron chi connectivity index (χ2n) is 3.93. The highest BCUT2D eigenvalue weighted by molar-refractivity contribution is 5.78. The van der Waals surface area contributed by atoms with Crippen molar-refractivity contribution in [3.63, 3.8) is 0 Å². The third kappa shape index (κ3) is 3.74. The maximum atomic E-state index is 11.1. The quantitative estimate of drug-likeness (QED) is 0.564. The van der Waals surface area contributed by atoms with Gasteiger partial charge in [-0.3, -0.25) is 4.79 Å². The maximum absolute atomic E-state index is 11.1. The number of aliphatic hydroxyl groups is 1. The number of rotatable bonds is 6. The Kier molecular flexibility index (Phi) is 4.95. The molecular weight excluding hydrogens is 168 g/mol. The number of quaternary nitrogens is 1. The van der Waals surface area contributed by atoms with E-state index >= 15 is 0 Å². The van der Waals surface area contributed by atoms with E-state index in [0.717, 1.165) is 12.8 Å². The Morgan fingerprint density at radius 1 is 1.54 bits per heavy atom. The molecule has 1 amide bonds. The maximum Gasteiger partial charge on any atom is 0.275 e. The Balaban J connectivity index is 4.41. The Labute approximate surface area is 79.9 Å². The van der Waals surface area contributed by atoms with Crippen molar-refractivity contribution in [1.29, 1.82) is 0 Å². The lowest BCUT2D eigenvalue weighted by molar-refractivity contribution is -0.906. The SMILES string of the molecule is CCCC(C(N)=O)[N+](C)(C)CCO. The molecule has 0 aromatic heterocycles. The van der Waals surface area contributed by atoms with Gasteiger partial charge in [0.15, 0.2) is 6.04 Å². The molecule has 0 heterocycles. The Morgan fingerprint density at radius 3 is 2.38 bits per heavy atom. The molecule has 0 bridgehead atoms. The van der Waals surface area contributed by atoms with E-state index in [0.29, 0.717) is 11.0 Å². The van der Waals surface area contributed by atoms with Gasteiger partial charge in [-0.15, -0.1) is 0 Å². The van der Waals surface area contributed by atoms with Crippen molar-refractivity contribution in [2.45, 2.75) is 25.8 Å². The predicted molar refractivity (Wildman–Crippen MR) is 52.0 cm³/mol. The fraction of sp³-hybridized carbons (Fsp3) is 0.889. The summed E-state index contributed by atoms with van der Waals surface area (Å²) in [6, 6.07) is -0.183. The summed E-state index contributed by atoms with van der Waals surface area (Å²) in [6.07, 6.45) is 1.71. The minimum atomic E-state index is -0.277. The van der Waals surface area contributed by atoms with Gasteiger partial charge < -0.3 is 15.3 Å². The molecule has 4 heteroatoms. The summed E-state index contributed by atoms with van der Waals surface area (Å²) in [5.41, 5.74) is 5.30. The zero-order valence-electron chi connectivity index (χ0n) is 8.79. The zero-order chi connectivity index (χ0) is 10.5. The first-order valence-electron chi connectivity index (χ1n) is 4.68. The van der Waals surface area contributed by atoms with Gasteiger partial charge >= 0.3 is 0 Å². The molecule has 0 fully saturated rings. The van der Waals surface area contributed by atoms with Crippen LogP contribution in [0.25, 0.3) is 0 Å². The number of hydrogen-bond donors (Lipinski definition) is 2. The average molecular weight is 189 g/mol. The first-order chi connectivity index (χ1) is 5.95. The number of hydrogen-bond acceptors (Lipinski definition) is 2. The zero-order valence-corrected chi connectivity index (χ0v) is 8.79. The second kappa shape index (κ2) is 5.19. The van der Waals surface area contributed by atoms with Gasteiger partial charge in [-0.1, -0.05) is 6.92 Å². The van der Waals surface area contributed by atoms with Crippen LogP contribution in [0, 0.1) is 0 Å². The van der Waals surface area contributed by atoms with Gasteiger partial charge in [-0.25, -0.2) is 0 Å². The summed E-state index contributed by atoms with van der Waals surface area (Å²) in [6.45, 7) is 2.67. The van der Waals surface area contributed by atoms with E-state index in [9.17, 15) is 4.79 Å². The second-order valence-corrected chi connectivity index (χ2v) is 3.93. The molecule has 0 aliphatic heterocycles. The van der Waals surface area contributed by atoms with E-state index in [1.165, 1.54) is 0 Å². The third-order valence-corrected chi connectivity index (χ3v) is 2.41. The molecule has 0 aliphatic rings. The molecule has 13 heavy (non-hydrogen) atoms. The van der Waals surface area contributed by atoms with Crippen molar-refractivity contribution < 1.29 is 14.4 Å². The molecule has 0 radical (unpaired) electrons. The van der Waals surface area contributed by atoms with E-state index in [2.05, 4.69) is 0 Å². The van der Waals surface area contributed by atoms with Crippen molar-refractivity contribution in [3.8, 4) is 0 Å². The molecule has 0 rings (SSSR count). The number of nitrogens with two attached hydrogens (primary N) is 1. The molecule has 3 N–H and O–H groups in total. The molecule has 1 atom stereocenters. The van der Waals surface area contributed by atoms with Gasteiger partial charge in [-0.2, -0.15) is 0 Å². The fourth-order valence-corrected chi connectivity index (χ4v) is 1.52. The molecule has 0 aliphatic carbocycles. The molecule has 0 aromatic carbocycles. The van der Waals surface area contributed by atoms with Crippen molar-refractivity contribution in [2.75, 3.05) is 27.2 Å². The number of primary amides is 1. The topological polar surface area (TPSA) is 63.3 Å². The number of carbonyl (C=O) groups excluding carboxylic acids is 1. The lowest BCUT2D eigenvalue weighted by atomic mass is 10.1. The number of carbonyl (C=O) groups is 1. The van der Waals surface area contributed by atoms with E-state index in [-0.39, 0.29) is 18.6 Å². The van der Waals surface area contributed by atoms with Gasteiger partial charge in [0.05, 0.1) is 20.7 Å². The minimum absolute atomic E-state index is 0.0838. The summed E-state index contributed by atoms with van der Waals surface area (Å²) < 4.78 is 0.472. The van der Waals surface area contributed by atoms with Crippen molar-refractivity contribution in [1.82, 2.24) is 0 Å². The van der Waals surface area contributed by atoms with Gasteiger partial charge in [0.2, 0.25) is 0 Å². The van der Waals surface area contributed by atoms with Crippen LogP contribution in [-0.4, -0.2) is 48.8 Å². The number of nitrogens with zero attached hydrogens (tertiary/aromatic N) is 1. The minimum Gasteiger partial charge on any atom is -0.391 e. The average Bonchev–Trinajstić information content (AvgIpc) is 1.99. The summed E-state index contributed by atoms with van der Waals surface area (Å²) in [5, 5.41) is 8.83. The number of aliphatic hydroxyl groups excluding tert-OH is 1. The number of likely N-dealkylation sites (N-methyl/N-ethyl adjacent to an activating group) is 1. The van der Waals surface area contributed by atoms with E-state index in [4.69, 9.17) is 10.8 Å². The van der Waals surface area contributed by atoms with Crippen LogP contribution in [0.15, 0.2) is 0 Å². The van der Waals surface area contributed by atoms with Crippen LogP contribution in [-0.2, 0) is 4.79 Å². The molecule has 78 valence electrons. The van der Waals surface area contributed by atoms with E-state index < -0.39 is 0 Å². The van der Waals surface area contributed by atoms with Crippen LogP contribution in [0.2, 0.25) is 0 Å².